The number of aryl methyl sites for hydroxylation is 2. The quantitative estimate of drug-likeness (QED) is 0.796. The number of imidazole rings is 1. The summed E-state index contributed by atoms with van der Waals surface area (Å²) in [7, 11) is 1.81. The van der Waals surface area contributed by atoms with Gasteiger partial charge in [-0.25, -0.2) is 4.98 Å². The monoisotopic (exact) mass is 283 g/mol. The standard InChI is InChI=1S/C15H17N5O/c1-3-14-18-12-6-4-5-7-13(12)20(14)10-15(21)17-11-8-16-19(2)9-11/h4-9H,3,10H2,1-2H3,(H,17,21). The van der Waals surface area contributed by atoms with Crippen LogP contribution in [-0.4, -0.2) is 25.2 Å². The fourth-order valence-electron chi connectivity index (χ4n) is 2.40. The lowest BCUT2D eigenvalue weighted by atomic mass is 10.3. The smallest absolute Gasteiger partial charge is 0.244 e. The van der Waals surface area contributed by atoms with Gasteiger partial charge in [-0.3, -0.25) is 9.48 Å². The van der Waals surface area contributed by atoms with Crippen molar-refractivity contribution in [3.8, 4) is 0 Å². The summed E-state index contributed by atoms with van der Waals surface area (Å²) in [5.74, 6) is 0.832. The number of anilines is 1. The van der Waals surface area contributed by atoms with E-state index in [4.69, 9.17) is 0 Å². The molecule has 0 bridgehead atoms. The van der Waals surface area contributed by atoms with Crippen LogP contribution in [0.1, 0.15) is 12.7 Å². The Hall–Kier alpha value is -2.63. The average Bonchev–Trinajstić information content (AvgIpc) is 3.03. The Balaban J connectivity index is 1.85. The van der Waals surface area contributed by atoms with Crippen molar-refractivity contribution in [2.45, 2.75) is 19.9 Å². The number of hydrogen-bond acceptors (Lipinski definition) is 3. The van der Waals surface area contributed by atoms with Gasteiger partial charge in [0.2, 0.25) is 5.91 Å². The highest BCUT2D eigenvalue weighted by Gasteiger charge is 2.12. The molecule has 0 unspecified atom stereocenters. The van der Waals surface area contributed by atoms with E-state index in [2.05, 4.69) is 15.4 Å². The van der Waals surface area contributed by atoms with E-state index in [0.717, 1.165) is 23.3 Å². The van der Waals surface area contributed by atoms with Gasteiger partial charge in [-0.15, -0.1) is 0 Å². The van der Waals surface area contributed by atoms with Gasteiger partial charge in [0.05, 0.1) is 22.9 Å². The normalized spacial score (nSPS) is 11.0. The molecular formula is C15H17N5O. The predicted molar refractivity (Wildman–Crippen MR) is 80.9 cm³/mol. The molecule has 6 heteroatoms. The summed E-state index contributed by atoms with van der Waals surface area (Å²) >= 11 is 0. The van der Waals surface area contributed by atoms with E-state index in [1.807, 2.05) is 42.8 Å². The first-order valence-electron chi connectivity index (χ1n) is 6.90. The second-order valence-corrected chi connectivity index (χ2v) is 4.91. The van der Waals surface area contributed by atoms with E-state index in [1.54, 1.807) is 17.1 Å². The number of nitrogens with one attached hydrogen (secondary N) is 1. The lowest BCUT2D eigenvalue weighted by molar-refractivity contribution is -0.116. The fourth-order valence-corrected chi connectivity index (χ4v) is 2.40. The van der Waals surface area contributed by atoms with Crippen LogP contribution in [0.15, 0.2) is 36.7 Å². The number of rotatable bonds is 4. The highest BCUT2D eigenvalue weighted by molar-refractivity contribution is 5.91. The largest absolute Gasteiger partial charge is 0.322 e. The van der Waals surface area contributed by atoms with Crippen LogP contribution in [0.25, 0.3) is 11.0 Å². The number of hydrogen-bond donors (Lipinski definition) is 1. The zero-order valence-electron chi connectivity index (χ0n) is 12.1. The van der Waals surface area contributed by atoms with E-state index in [1.165, 1.54) is 0 Å². The first-order chi connectivity index (χ1) is 10.2. The molecule has 0 spiro atoms. The topological polar surface area (TPSA) is 64.7 Å². The molecule has 108 valence electrons. The number of para-hydroxylation sites is 2. The maximum Gasteiger partial charge on any atom is 0.244 e. The van der Waals surface area contributed by atoms with Gasteiger partial charge in [0.15, 0.2) is 0 Å². The summed E-state index contributed by atoms with van der Waals surface area (Å²) in [6.45, 7) is 2.29. The summed E-state index contributed by atoms with van der Waals surface area (Å²) in [6.07, 6.45) is 4.18. The Morgan fingerprint density at radius 1 is 1.33 bits per heavy atom. The van der Waals surface area contributed by atoms with E-state index >= 15 is 0 Å². The van der Waals surface area contributed by atoms with Crippen LogP contribution in [-0.2, 0) is 24.8 Å². The van der Waals surface area contributed by atoms with Gasteiger partial charge in [0.1, 0.15) is 12.4 Å². The van der Waals surface area contributed by atoms with Gasteiger partial charge >= 0.3 is 0 Å². The molecule has 1 aromatic carbocycles. The van der Waals surface area contributed by atoms with Gasteiger partial charge in [0.25, 0.3) is 0 Å². The van der Waals surface area contributed by atoms with Crippen LogP contribution in [0.5, 0.6) is 0 Å². The zero-order chi connectivity index (χ0) is 14.8. The second-order valence-electron chi connectivity index (χ2n) is 4.91. The van der Waals surface area contributed by atoms with Crippen molar-refractivity contribution >= 4 is 22.6 Å². The van der Waals surface area contributed by atoms with E-state index in [-0.39, 0.29) is 12.5 Å². The second kappa shape index (κ2) is 5.40. The van der Waals surface area contributed by atoms with Crippen molar-refractivity contribution < 1.29 is 4.79 Å². The van der Waals surface area contributed by atoms with Gasteiger partial charge in [-0.05, 0) is 12.1 Å². The third kappa shape index (κ3) is 2.65. The Morgan fingerprint density at radius 2 is 2.14 bits per heavy atom. The number of carbonyl (C=O) groups excluding carboxylic acids is 1. The zero-order valence-corrected chi connectivity index (χ0v) is 12.1. The van der Waals surface area contributed by atoms with Crippen LogP contribution < -0.4 is 5.32 Å². The SMILES string of the molecule is CCc1nc2ccccc2n1CC(=O)Nc1cnn(C)c1. The van der Waals surface area contributed by atoms with Crippen molar-refractivity contribution in [1.29, 1.82) is 0 Å². The van der Waals surface area contributed by atoms with Gasteiger partial charge in [0, 0.05) is 19.7 Å². The van der Waals surface area contributed by atoms with E-state index < -0.39 is 0 Å². The molecule has 0 radical (unpaired) electrons. The van der Waals surface area contributed by atoms with Crippen LogP contribution in [0.3, 0.4) is 0 Å². The summed E-state index contributed by atoms with van der Waals surface area (Å²) < 4.78 is 3.61. The number of benzene rings is 1. The number of amides is 1. The molecule has 0 fully saturated rings. The van der Waals surface area contributed by atoms with E-state index in [9.17, 15) is 4.79 Å². The van der Waals surface area contributed by atoms with Gasteiger partial charge in [-0.2, -0.15) is 5.10 Å². The molecule has 0 saturated heterocycles. The molecule has 0 aliphatic heterocycles. The van der Waals surface area contributed by atoms with Gasteiger partial charge < -0.3 is 9.88 Å². The molecular weight excluding hydrogens is 266 g/mol. The van der Waals surface area contributed by atoms with Crippen molar-refractivity contribution in [1.82, 2.24) is 19.3 Å². The minimum atomic E-state index is -0.0825. The van der Waals surface area contributed by atoms with Gasteiger partial charge in [-0.1, -0.05) is 19.1 Å². The Labute approximate surface area is 122 Å². The molecule has 3 rings (SSSR count). The summed E-state index contributed by atoms with van der Waals surface area (Å²) in [5.41, 5.74) is 2.60. The molecule has 0 saturated carbocycles. The lowest BCUT2D eigenvalue weighted by Crippen LogP contribution is -2.19. The Morgan fingerprint density at radius 3 is 2.86 bits per heavy atom. The minimum absolute atomic E-state index is 0.0825. The molecule has 0 atom stereocenters. The van der Waals surface area contributed by atoms with Crippen LogP contribution in [0.2, 0.25) is 0 Å². The molecule has 3 aromatic rings. The van der Waals surface area contributed by atoms with Crippen LogP contribution in [0, 0.1) is 0 Å². The molecule has 1 N–H and O–H groups in total. The summed E-state index contributed by atoms with van der Waals surface area (Å²) in [6, 6.07) is 7.86. The highest BCUT2D eigenvalue weighted by atomic mass is 16.2. The fraction of sp³-hybridized carbons (Fsp3) is 0.267. The predicted octanol–water partition coefficient (Wildman–Crippen LogP) is 1.97. The van der Waals surface area contributed by atoms with E-state index in [0.29, 0.717) is 5.69 Å². The minimum Gasteiger partial charge on any atom is -0.322 e. The van der Waals surface area contributed by atoms with Crippen molar-refractivity contribution in [3.63, 3.8) is 0 Å². The number of carbonyl (C=O) groups is 1. The first-order valence-corrected chi connectivity index (χ1v) is 6.90. The lowest BCUT2D eigenvalue weighted by Gasteiger charge is -2.08. The average molecular weight is 283 g/mol. The van der Waals surface area contributed by atoms with Crippen LogP contribution >= 0.6 is 0 Å². The summed E-state index contributed by atoms with van der Waals surface area (Å²) in [4.78, 5) is 16.8. The maximum atomic E-state index is 12.2. The molecule has 0 aliphatic carbocycles. The molecule has 2 heterocycles. The highest BCUT2D eigenvalue weighted by Crippen LogP contribution is 2.16. The van der Waals surface area contributed by atoms with Crippen molar-refractivity contribution in [3.05, 3.63) is 42.5 Å². The molecule has 1 amide bonds. The third-order valence-electron chi connectivity index (χ3n) is 3.34. The number of nitrogens with zero attached hydrogens (tertiary/aromatic N) is 4. The van der Waals surface area contributed by atoms with Crippen LogP contribution in [0.4, 0.5) is 5.69 Å². The number of fused-ring (bicyclic) bond motifs is 1. The molecule has 2 aromatic heterocycles. The molecule has 21 heavy (non-hydrogen) atoms. The molecule has 6 nitrogen and oxygen atoms in total. The Bertz CT molecular complexity index is 786. The molecule has 0 aliphatic rings. The summed E-state index contributed by atoms with van der Waals surface area (Å²) in [5, 5.41) is 6.88. The first kappa shape index (κ1) is 13.4. The van der Waals surface area contributed by atoms with Crippen molar-refractivity contribution in [2.24, 2.45) is 7.05 Å². The Kier molecular flexibility index (Phi) is 3.43. The number of aromatic nitrogens is 4. The van der Waals surface area contributed by atoms with Crippen molar-refractivity contribution in [2.75, 3.05) is 5.32 Å². The maximum absolute atomic E-state index is 12.2. The third-order valence-corrected chi connectivity index (χ3v) is 3.34.